The fraction of sp³-hybridized carbons (Fsp3) is 0.222. The Bertz CT molecular complexity index is 246. The van der Waals surface area contributed by atoms with Gasteiger partial charge < -0.3 is 4.74 Å². The van der Waals surface area contributed by atoms with Gasteiger partial charge >= 0.3 is 5.97 Å². The molecule has 0 aliphatic heterocycles. The number of allylic oxidation sites excluding steroid dienone is 4. The van der Waals surface area contributed by atoms with Crippen LogP contribution in [0.4, 0.5) is 0 Å². The van der Waals surface area contributed by atoms with E-state index < -0.39 is 0 Å². The number of carbonyl (C=O) groups excluding carboxylic acids is 1. The van der Waals surface area contributed by atoms with Gasteiger partial charge in [0, 0.05) is 6.92 Å². The summed E-state index contributed by atoms with van der Waals surface area (Å²) >= 11 is 0. The molecule has 0 atom stereocenters. The Hall–Kier alpha value is -1.31. The highest BCUT2D eigenvalue weighted by Gasteiger charge is 2.01. The normalized spacial score (nSPS) is 16.1. The summed E-state index contributed by atoms with van der Waals surface area (Å²) < 4.78 is 4.83. The third-order valence-electron chi connectivity index (χ3n) is 1.31. The predicted molar refractivity (Wildman–Crippen MR) is 42.7 cm³/mol. The number of hydrogen-bond donors (Lipinski definition) is 0. The monoisotopic (exact) mass is 150 g/mol. The van der Waals surface area contributed by atoms with Crippen LogP contribution in [-0.4, -0.2) is 5.97 Å². The fourth-order valence-corrected chi connectivity index (χ4v) is 0.809. The first-order valence-corrected chi connectivity index (χ1v) is 3.43. The third-order valence-corrected chi connectivity index (χ3v) is 1.31. The molecule has 0 saturated heterocycles. The van der Waals surface area contributed by atoms with Crippen LogP contribution in [0.2, 0.25) is 0 Å². The van der Waals surface area contributed by atoms with Gasteiger partial charge in [0.2, 0.25) is 0 Å². The van der Waals surface area contributed by atoms with Gasteiger partial charge in [-0.3, -0.25) is 4.79 Å². The molecule has 1 aliphatic rings. The summed E-state index contributed by atoms with van der Waals surface area (Å²) in [6.07, 6.45) is 6.19. The molecule has 0 aromatic rings. The smallest absolute Gasteiger partial charge is 0.308 e. The van der Waals surface area contributed by atoms with E-state index in [4.69, 9.17) is 4.74 Å². The van der Waals surface area contributed by atoms with E-state index in [1.54, 1.807) is 6.08 Å². The summed E-state index contributed by atoms with van der Waals surface area (Å²) in [7, 11) is 0. The standard InChI is InChI=1S/C9H10O2/c1-7-3-5-9(6-4-7)11-8(2)10/h3,5-6H,1,4H2,2H3. The molecule has 0 aromatic carbocycles. The van der Waals surface area contributed by atoms with Gasteiger partial charge in [-0.1, -0.05) is 18.2 Å². The number of hydrogen-bond acceptors (Lipinski definition) is 2. The zero-order chi connectivity index (χ0) is 8.27. The van der Waals surface area contributed by atoms with Crippen LogP contribution in [0.15, 0.2) is 36.1 Å². The van der Waals surface area contributed by atoms with Crippen LogP contribution in [-0.2, 0) is 9.53 Å². The second kappa shape index (κ2) is 3.19. The fourth-order valence-electron chi connectivity index (χ4n) is 0.809. The first-order valence-electron chi connectivity index (χ1n) is 3.43. The molecule has 0 heterocycles. The van der Waals surface area contributed by atoms with Crippen molar-refractivity contribution in [1.82, 2.24) is 0 Å². The molecule has 0 aromatic heterocycles. The van der Waals surface area contributed by atoms with E-state index in [1.165, 1.54) is 6.92 Å². The van der Waals surface area contributed by atoms with Crippen molar-refractivity contribution >= 4 is 5.97 Å². The lowest BCUT2D eigenvalue weighted by molar-refractivity contribution is -0.136. The van der Waals surface area contributed by atoms with Crippen LogP contribution in [0.5, 0.6) is 0 Å². The molecule has 1 aliphatic carbocycles. The highest BCUT2D eigenvalue weighted by Crippen LogP contribution is 2.14. The van der Waals surface area contributed by atoms with Gasteiger partial charge in [0.1, 0.15) is 5.76 Å². The molecule has 0 bridgehead atoms. The summed E-state index contributed by atoms with van der Waals surface area (Å²) in [4.78, 5) is 10.5. The van der Waals surface area contributed by atoms with Crippen LogP contribution in [0.25, 0.3) is 0 Å². The van der Waals surface area contributed by atoms with Gasteiger partial charge in [-0.15, -0.1) is 0 Å². The minimum atomic E-state index is -0.284. The van der Waals surface area contributed by atoms with E-state index in [9.17, 15) is 4.79 Å². The Morgan fingerprint density at radius 2 is 2.36 bits per heavy atom. The van der Waals surface area contributed by atoms with Gasteiger partial charge in [-0.25, -0.2) is 0 Å². The molecule has 2 heteroatoms. The Morgan fingerprint density at radius 1 is 1.64 bits per heavy atom. The Labute approximate surface area is 65.9 Å². The van der Waals surface area contributed by atoms with Crippen molar-refractivity contribution in [3.8, 4) is 0 Å². The second-order valence-corrected chi connectivity index (χ2v) is 2.40. The Kier molecular flexibility index (Phi) is 2.26. The molecule has 0 fully saturated rings. The molecular weight excluding hydrogens is 140 g/mol. The van der Waals surface area contributed by atoms with Crippen LogP contribution >= 0.6 is 0 Å². The maximum absolute atomic E-state index is 10.5. The molecule has 0 N–H and O–H groups in total. The average Bonchev–Trinajstić information content (AvgIpc) is 1.93. The number of rotatable bonds is 1. The number of ether oxygens (including phenoxy) is 1. The molecule has 0 amide bonds. The molecule has 58 valence electrons. The van der Waals surface area contributed by atoms with E-state index in [0.29, 0.717) is 5.76 Å². The van der Waals surface area contributed by atoms with Crippen molar-refractivity contribution in [3.05, 3.63) is 36.1 Å². The topological polar surface area (TPSA) is 26.3 Å². The SMILES string of the molecule is C=C1C=CC(OC(C)=O)=CC1. The molecule has 0 unspecified atom stereocenters. The quantitative estimate of drug-likeness (QED) is 0.534. The first-order chi connectivity index (χ1) is 5.18. The highest BCUT2D eigenvalue weighted by molar-refractivity contribution is 5.67. The van der Waals surface area contributed by atoms with E-state index >= 15 is 0 Å². The van der Waals surface area contributed by atoms with Crippen LogP contribution in [0.1, 0.15) is 13.3 Å². The summed E-state index contributed by atoms with van der Waals surface area (Å²) in [5.74, 6) is 0.332. The zero-order valence-electron chi connectivity index (χ0n) is 6.46. The lowest BCUT2D eigenvalue weighted by atomic mass is 10.1. The second-order valence-electron chi connectivity index (χ2n) is 2.40. The summed E-state index contributed by atoms with van der Waals surface area (Å²) in [6, 6.07) is 0. The van der Waals surface area contributed by atoms with Crippen LogP contribution in [0, 0.1) is 0 Å². The lowest BCUT2D eigenvalue weighted by Crippen LogP contribution is -1.98. The van der Waals surface area contributed by atoms with E-state index in [1.807, 2.05) is 12.2 Å². The molecule has 0 radical (unpaired) electrons. The highest BCUT2D eigenvalue weighted by atomic mass is 16.5. The first kappa shape index (κ1) is 7.79. The largest absolute Gasteiger partial charge is 0.427 e. The zero-order valence-corrected chi connectivity index (χ0v) is 6.46. The van der Waals surface area contributed by atoms with Crippen molar-refractivity contribution in [3.63, 3.8) is 0 Å². The molecular formula is C9H10O2. The lowest BCUT2D eigenvalue weighted by Gasteiger charge is -2.06. The third kappa shape index (κ3) is 2.42. The van der Waals surface area contributed by atoms with Gasteiger partial charge in [0.15, 0.2) is 0 Å². The number of esters is 1. The van der Waals surface area contributed by atoms with Crippen molar-refractivity contribution in [2.75, 3.05) is 0 Å². The number of carbonyl (C=O) groups is 1. The minimum Gasteiger partial charge on any atom is -0.427 e. The predicted octanol–water partition coefficient (Wildman–Crippen LogP) is 1.95. The van der Waals surface area contributed by atoms with Crippen molar-refractivity contribution in [2.24, 2.45) is 0 Å². The van der Waals surface area contributed by atoms with Crippen molar-refractivity contribution < 1.29 is 9.53 Å². The Balaban J connectivity index is 2.56. The van der Waals surface area contributed by atoms with Gasteiger partial charge in [-0.05, 0) is 18.6 Å². The summed E-state index contributed by atoms with van der Waals surface area (Å²) in [6.45, 7) is 5.14. The molecule has 0 spiro atoms. The van der Waals surface area contributed by atoms with E-state index in [-0.39, 0.29) is 5.97 Å². The van der Waals surface area contributed by atoms with Crippen molar-refractivity contribution in [2.45, 2.75) is 13.3 Å². The maximum Gasteiger partial charge on any atom is 0.308 e. The van der Waals surface area contributed by atoms with E-state index in [2.05, 4.69) is 6.58 Å². The summed E-state index contributed by atoms with van der Waals surface area (Å²) in [5, 5.41) is 0. The maximum atomic E-state index is 10.5. The van der Waals surface area contributed by atoms with E-state index in [0.717, 1.165) is 12.0 Å². The molecule has 0 saturated carbocycles. The van der Waals surface area contributed by atoms with Crippen LogP contribution < -0.4 is 0 Å². The van der Waals surface area contributed by atoms with Gasteiger partial charge in [0.05, 0.1) is 0 Å². The van der Waals surface area contributed by atoms with Gasteiger partial charge in [0.25, 0.3) is 0 Å². The van der Waals surface area contributed by atoms with Crippen molar-refractivity contribution in [1.29, 1.82) is 0 Å². The average molecular weight is 150 g/mol. The molecule has 1 rings (SSSR count). The molecule has 2 nitrogen and oxygen atoms in total. The summed E-state index contributed by atoms with van der Waals surface area (Å²) in [5.41, 5.74) is 1.03. The van der Waals surface area contributed by atoms with Crippen LogP contribution in [0.3, 0.4) is 0 Å². The van der Waals surface area contributed by atoms with Gasteiger partial charge in [-0.2, -0.15) is 0 Å². The minimum absolute atomic E-state index is 0.284. The molecule has 11 heavy (non-hydrogen) atoms. The Morgan fingerprint density at radius 3 is 2.82 bits per heavy atom.